The number of oxazole rings is 1. The summed E-state index contributed by atoms with van der Waals surface area (Å²) in [5.74, 6) is -0.937. The van der Waals surface area contributed by atoms with Crippen molar-refractivity contribution in [3.63, 3.8) is 0 Å². The van der Waals surface area contributed by atoms with Crippen LogP contribution in [-0.2, 0) is 4.79 Å². The molecule has 0 radical (unpaired) electrons. The van der Waals surface area contributed by atoms with Gasteiger partial charge in [0, 0.05) is 12.5 Å². The number of carboxylic acids is 1. The van der Waals surface area contributed by atoms with Crippen molar-refractivity contribution in [3.8, 4) is 0 Å². The number of amides is 1. The van der Waals surface area contributed by atoms with E-state index in [1.807, 2.05) is 6.92 Å². The quantitative estimate of drug-likeness (QED) is 0.783. The van der Waals surface area contributed by atoms with Crippen molar-refractivity contribution in [2.75, 3.05) is 0 Å². The molecule has 1 amide bonds. The number of rotatable bonds is 6. The van der Waals surface area contributed by atoms with Crippen molar-refractivity contribution in [1.82, 2.24) is 10.3 Å². The predicted octanol–water partition coefficient (Wildman–Crippen LogP) is 1.36. The molecular weight excluding hydrogens is 224 g/mol. The number of aliphatic carboxylic acids is 1. The zero-order valence-corrected chi connectivity index (χ0v) is 9.90. The molecule has 1 atom stereocenters. The summed E-state index contributed by atoms with van der Waals surface area (Å²) in [5.41, 5.74) is 0.542. The summed E-state index contributed by atoms with van der Waals surface area (Å²) in [5, 5.41) is 11.2. The van der Waals surface area contributed by atoms with Crippen molar-refractivity contribution in [2.45, 2.75) is 39.2 Å². The van der Waals surface area contributed by atoms with Crippen molar-refractivity contribution in [3.05, 3.63) is 17.8 Å². The molecule has 1 aromatic heterocycles. The van der Waals surface area contributed by atoms with Gasteiger partial charge in [-0.05, 0) is 26.7 Å². The van der Waals surface area contributed by atoms with Crippen molar-refractivity contribution < 1.29 is 19.1 Å². The van der Waals surface area contributed by atoms with Crippen LogP contribution in [0.25, 0.3) is 0 Å². The fourth-order valence-corrected chi connectivity index (χ4v) is 1.44. The molecule has 0 saturated carbocycles. The number of carbonyl (C=O) groups is 2. The number of carbonyl (C=O) groups excluding carboxylic acids is 1. The molecule has 0 aromatic carbocycles. The Kier molecular flexibility index (Phi) is 4.68. The molecule has 0 aliphatic rings. The van der Waals surface area contributed by atoms with E-state index < -0.39 is 5.97 Å². The van der Waals surface area contributed by atoms with E-state index in [2.05, 4.69) is 10.3 Å². The van der Waals surface area contributed by atoms with Crippen LogP contribution < -0.4 is 5.32 Å². The third-order valence-corrected chi connectivity index (χ3v) is 2.36. The Morgan fingerprint density at radius 2 is 2.29 bits per heavy atom. The lowest BCUT2D eigenvalue weighted by Gasteiger charge is -2.11. The van der Waals surface area contributed by atoms with Crippen LogP contribution in [0.5, 0.6) is 0 Å². The Hall–Kier alpha value is -1.85. The highest BCUT2D eigenvalue weighted by atomic mass is 16.4. The van der Waals surface area contributed by atoms with E-state index in [-0.39, 0.29) is 24.1 Å². The number of aryl methyl sites for hydroxylation is 1. The van der Waals surface area contributed by atoms with E-state index in [9.17, 15) is 9.59 Å². The van der Waals surface area contributed by atoms with Crippen LogP contribution in [0.2, 0.25) is 0 Å². The van der Waals surface area contributed by atoms with Gasteiger partial charge in [0.15, 0.2) is 6.39 Å². The maximum absolute atomic E-state index is 11.7. The molecule has 1 unspecified atom stereocenters. The largest absolute Gasteiger partial charge is 0.481 e. The maximum Gasteiger partial charge on any atom is 0.303 e. The minimum atomic E-state index is -0.824. The standard InChI is InChI=1S/C11H16N2O4/c1-7(4-3-5-9(14)15)13-11(16)10-8(2)12-6-17-10/h6-7H,3-5H2,1-2H3,(H,13,16)(H,14,15). The minimum Gasteiger partial charge on any atom is -0.481 e. The monoisotopic (exact) mass is 240 g/mol. The Morgan fingerprint density at radius 1 is 1.59 bits per heavy atom. The lowest BCUT2D eigenvalue weighted by molar-refractivity contribution is -0.137. The second-order valence-electron chi connectivity index (χ2n) is 3.93. The maximum atomic E-state index is 11.7. The smallest absolute Gasteiger partial charge is 0.303 e. The summed E-state index contributed by atoms with van der Waals surface area (Å²) in [4.78, 5) is 25.8. The average molecular weight is 240 g/mol. The zero-order chi connectivity index (χ0) is 12.8. The molecule has 1 aromatic rings. The van der Waals surface area contributed by atoms with Gasteiger partial charge in [-0.2, -0.15) is 0 Å². The van der Waals surface area contributed by atoms with E-state index in [1.165, 1.54) is 6.39 Å². The molecule has 0 saturated heterocycles. The Morgan fingerprint density at radius 3 is 2.82 bits per heavy atom. The molecule has 1 heterocycles. The summed E-state index contributed by atoms with van der Waals surface area (Å²) in [7, 11) is 0. The van der Waals surface area contributed by atoms with Gasteiger partial charge in [-0.25, -0.2) is 4.98 Å². The fourth-order valence-electron chi connectivity index (χ4n) is 1.44. The summed E-state index contributed by atoms with van der Waals surface area (Å²) >= 11 is 0. The number of aromatic nitrogens is 1. The number of nitrogens with one attached hydrogen (secondary N) is 1. The van der Waals surface area contributed by atoms with Gasteiger partial charge in [0.1, 0.15) is 0 Å². The van der Waals surface area contributed by atoms with Gasteiger partial charge in [0.05, 0.1) is 5.69 Å². The summed E-state index contributed by atoms with van der Waals surface area (Å²) in [6.45, 7) is 3.51. The third kappa shape index (κ3) is 4.26. The van der Waals surface area contributed by atoms with Crippen LogP contribution in [0.4, 0.5) is 0 Å². The van der Waals surface area contributed by atoms with Crippen LogP contribution in [0, 0.1) is 6.92 Å². The van der Waals surface area contributed by atoms with Crippen molar-refractivity contribution in [2.24, 2.45) is 0 Å². The van der Waals surface area contributed by atoms with Crippen LogP contribution in [0.1, 0.15) is 42.4 Å². The summed E-state index contributed by atoms with van der Waals surface area (Å²) < 4.78 is 4.95. The van der Waals surface area contributed by atoms with E-state index in [0.717, 1.165) is 0 Å². The molecule has 94 valence electrons. The fraction of sp³-hybridized carbons (Fsp3) is 0.545. The molecule has 6 heteroatoms. The van der Waals surface area contributed by atoms with Gasteiger partial charge in [0.2, 0.25) is 5.76 Å². The first-order valence-corrected chi connectivity index (χ1v) is 5.43. The van der Waals surface area contributed by atoms with Crippen molar-refractivity contribution >= 4 is 11.9 Å². The highest BCUT2D eigenvalue weighted by Gasteiger charge is 2.15. The van der Waals surface area contributed by atoms with Crippen LogP contribution in [-0.4, -0.2) is 28.0 Å². The minimum absolute atomic E-state index is 0.0913. The molecule has 0 spiro atoms. The Labute approximate surface area is 99.0 Å². The zero-order valence-electron chi connectivity index (χ0n) is 9.90. The predicted molar refractivity (Wildman–Crippen MR) is 59.7 cm³/mol. The third-order valence-electron chi connectivity index (χ3n) is 2.36. The Bertz CT molecular complexity index is 400. The number of carboxylic acid groups (broad SMARTS) is 1. The molecule has 17 heavy (non-hydrogen) atoms. The van der Waals surface area contributed by atoms with Gasteiger partial charge >= 0.3 is 5.97 Å². The second-order valence-corrected chi connectivity index (χ2v) is 3.93. The van der Waals surface area contributed by atoms with Gasteiger partial charge in [0.25, 0.3) is 5.91 Å². The first-order chi connectivity index (χ1) is 8.00. The number of nitrogens with zero attached hydrogens (tertiary/aromatic N) is 1. The van der Waals surface area contributed by atoms with E-state index in [4.69, 9.17) is 9.52 Å². The SMILES string of the molecule is Cc1ncoc1C(=O)NC(C)CCCC(=O)O. The molecule has 2 N–H and O–H groups in total. The van der Waals surface area contributed by atoms with Gasteiger partial charge in [-0.3, -0.25) is 9.59 Å². The number of hydrogen-bond acceptors (Lipinski definition) is 4. The molecule has 0 fully saturated rings. The summed E-state index contributed by atoms with van der Waals surface area (Å²) in [6, 6.07) is -0.0913. The molecule has 1 rings (SSSR count). The van der Waals surface area contributed by atoms with Gasteiger partial charge in [-0.15, -0.1) is 0 Å². The van der Waals surface area contributed by atoms with E-state index >= 15 is 0 Å². The first kappa shape index (κ1) is 13.2. The second kappa shape index (κ2) is 6.03. The van der Waals surface area contributed by atoms with Crippen molar-refractivity contribution in [1.29, 1.82) is 0 Å². The average Bonchev–Trinajstić information content (AvgIpc) is 2.63. The molecular formula is C11H16N2O4. The van der Waals surface area contributed by atoms with E-state index in [0.29, 0.717) is 18.5 Å². The van der Waals surface area contributed by atoms with Crippen LogP contribution in [0.15, 0.2) is 10.8 Å². The van der Waals surface area contributed by atoms with Crippen LogP contribution in [0.3, 0.4) is 0 Å². The van der Waals surface area contributed by atoms with Gasteiger partial charge < -0.3 is 14.8 Å². The molecule has 0 aliphatic heterocycles. The highest BCUT2D eigenvalue weighted by Crippen LogP contribution is 2.06. The van der Waals surface area contributed by atoms with E-state index in [1.54, 1.807) is 6.92 Å². The normalized spacial score (nSPS) is 12.1. The topological polar surface area (TPSA) is 92.4 Å². The highest BCUT2D eigenvalue weighted by molar-refractivity contribution is 5.92. The Balaban J connectivity index is 2.36. The molecule has 0 bridgehead atoms. The number of hydrogen-bond donors (Lipinski definition) is 2. The van der Waals surface area contributed by atoms with Gasteiger partial charge in [-0.1, -0.05) is 0 Å². The molecule has 0 aliphatic carbocycles. The lowest BCUT2D eigenvalue weighted by Crippen LogP contribution is -2.32. The molecule has 6 nitrogen and oxygen atoms in total. The first-order valence-electron chi connectivity index (χ1n) is 5.43. The summed E-state index contributed by atoms with van der Waals surface area (Å²) in [6.07, 6.45) is 2.48. The van der Waals surface area contributed by atoms with Crippen LogP contribution >= 0.6 is 0 Å². The lowest BCUT2D eigenvalue weighted by atomic mass is 10.1.